The van der Waals surface area contributed by atoms with Crippen LogP contribution in [-0.2, 0) is 24.8 Å². The Morgan fingerprint density at radius 2 is 1.53 bits per heavy atom. The van der Waals surface area contributed by atoms with Crippen molar-refractivity contribution in [3.8, 4) is 5.75 Å². The first-order valence-corrected chi connectivity index (χ1v) is 12.5. The van der Waals surface area contributed by atoms with Crippen molar-refractivity contribution in [1.29, 1.82) is 0 Å². The van der Waals surface area contributed by atoms with E-state index in [9.17, 15) is 16.8 Å². The van der Waals surface area contributed by atoms with Gasteiger partial charge in [0.15, 0.2) is 6.79 Å². The second-order valence-electron chi connectivity index (χ2n) is 6.78. The molecule has 2 aromatic carbocycles. The molecule has 3 rings (SSSR count). The van der Waals surface area contributed by atoms with Gasteiger partial charge in [0.2, 0.25) is 20.0 Å². The van der Waals surface area contributed by atoms with Gasteiger partial charge < -0.3 is 9.47 Å². The number of hydrogen-bond donors (Lipinski definition) is 1. The van der Waals surface area contributed by atoms with Gasteiger partial charge in [0.25, 0.3) is 0 Å². The third-order valence-corrected chi connectivity index (χ3v) is 8.41. The zero-order chi connectivity index (χ0) is 21.8. The number of nitrogens with one attached hydrogen (secondary N) is 1. The van der Waals surface area contributed by atoms with Crippen LogP contribution in [0.4, 0.5) is 0 Å². The predicted molar refractivity (Wildman–Crippen MR) is 113 cm³/mol. The van der Waals surface area contributed by atoms with Crippen LogP contribution in [0.15, 0.2) is 58.3 Å². The van der Waals surface area contributed by atoms with Crippen molar-refractivity contribution in [2.75, 3.05) is 27.0 Å². The van der Waals surface area contributed by atoms with Crippen LogP contribution in [0.25, 0.3) is 0 Å². The molecule has 0 radical (unpaired) electrons. The van der Waals surface area contributed by atoms with E-state index in [2.05, 4.69) is 4.72 Å². The standard InChI is InChI=1S/C19H23ClN2O6S2/c1-27-14-28-17-4-8-18(9-5-17)29(23,24)21-16-10-12-22(13-11-16)30(25,26)19-6-2-15(20)3-7-19/h2-9,16,21H,10-14H2,1H3. The van der Waals surface area contributed by atoms with E-state index in [0.717, 1.165) is 0 Å². The molecule has 30 heavy (non-hydrogen) atoms. The lowest BCUT2D eigenvalue weighted by atomic mass is 10.1. The van der Waals surface area contributed by atoms with Gasteiger partial charge in [0, 0.05) is 31.3 Å². The Kier molecular flexibility index (Phi) is 7.38. The molecule has 1 aliphatic heterocycles. The van der Waals surface area contributed by atoms with Crippen LogP contribution in [0.5, 0.6) is 5.75 Å². The van der Waals surface area contributed by atoms with Crippen molar-refractivity contribution < 1.29 is 26.3 Å². The minimum Gasteiger partial charge on any atom is -0.468 e. The second kappa shape index (κ2) is 9.63. The Morgan fingerprint density at radius 1 is 0.967 bits per heavy atom. The average Bonchev–Trinajstić information content (AvgIpc) is 2.73. The number of methoxy groups -OCH3 is 1. The maximum Gasteiger partial charge on any atom is 0.243 e. The maximum atomic E-state index is 12.7. The number of benzene rings is 2. The van der Waals surface area contributed by atoms with E-state index in [0.29, 0.717) is 23.6 Å². The number of ether oxygens (including phenoxy) is 2. The predicted octanol–water partition coefficient (Wildman–Crippen LogP) is 2.45. The highest BCUT2D eigenvalue weighted by Gasteiger charge is 2.31. The number of piperidine rings is 1. The fourth-order valence-electron chi connectivity index (χ4n) is 3.10. The summed E-state index contributed by atoms with van der Waals surface area (Å²) in [5, 5.41) is 0.459. The largest absolute Gasteiger partial charge is 0.468 e. The molecule has 0 amide bonds. The Hall–Kier alpha value is -1.69. The molecule has 11 heteroatoms. The fourth-order valence-corrected chi connectivity index (χ4v) is 6.00. The summed E-state index contributed by atoms with van der Waals surface area (Å²) in [5.74, 6) is 0.497. The normalized spacial score (nSPS) is 16.5. The summed E-state index contributed by atoms with van der Waals surface area (Å²) in [6.07, 6.45) is 0.752. The number of nitrogens with zero attached hydrogens (tertiary/aromatic N) is 1. The Bertz CT molecular complexity index is 1050. The van der Waals surface area contributed by atoms with Gasteiger partial charge in [-0.1, -0.05) is 11.6 Å². The topological polar surface area (TPSA) is 102 Å². The molecule has 0 aliphatic carbocycles. The molecule has 0 spiro atoms. The van der Waals surface area contributed by atoms with Crippen molar-refractivity contribution in [2.24, 2.45) is 0 Å². The van der Waals surface area contributed by atoms with Gasteiger partial charge in [-0.15, -0.1) is 0 Å². The summed E-state index contributed by atoms with van der Waals surface area (Å²) < 4.78 is 64.8. The van der Waals surface area contributed by atoms with Crippen molar-refractivity contribution in [3.05, 3.63) is 53.6 Å². The summed E-state index contributed by atoms with van der Waals surface area (Å²) in [7, 11) is -5.87. The van der Waals surface area contributed by atoms with Crippen LogP contribution in [0.3, 0.4) is 0 Å². The van der Waals surface area contributed by atoms with Gasteiger partial charge >= 0.3 is 0 Å². The third-order valence-electron chi connectivity index (χ3n) is 4.70. The highest BCUT2D eigenvalue weighted by Crippen LogP contribution is 2.23. The van der Waals surface area contributed by atoms with Gasteiger partial charge in [0.05, 0.1) is 9.79 Å². The minimum atomic E-state index is -3.73. The highest BCUT2D eigenvalue weighted by molar-refractivity contribution is 7.89. The van der Waals surface area contributed by atoms with Gasteiger partial charge in [-0.25, -0.2) is 21.6 Å². The summed E-state index contributed by atoms with van der Waals surface area (Å²) >= 11 is 5.82. The summed E-state index contributed by atoms with van der Waals surface area (Å²) in [6.45, 7) is 0.520. The summed E-state index contributed by atoms with van der Waals surface area (Å²) in [4.78, 5) is 0.283. The van der Waals surface area contributed by atoms with Crippen LogP contribution >= 0.6 is 11.6 Å². The SMILES string of the molecule is COCOc1ccc(S(=O)(=O)NC2CCN(S(=O)(=O)c3ccc(Cl)cc3)CC2)cc1. The smallest absolute Gasteiger partial charge is 0.243 e. The Balaban J connectivity index is 1.60. The highest BCUT2D eigenvalue weighted by atomic mass is 35.5. The van der Waals surface area contributed by atoms with Crippen LogP contribution in [0, 0.1) is 0 Å². The molecule has 1 N–H and O–H groups in total. The van der Waals surface area contributed by atoms with E-state index in [1.54, 1.807) is 12.1 Å². The minimum absolute atomic E-state index is 0.0713. The lowest BCUT2D eigenvalue weighted by Gasteiger charge is -2.31. The monoisotopic (exact) mass is 474 g/mol. The van der Waals surface area contributed by atoms with E-state index in [4.69, 9.17) is 21.1 Å². The number of rotatable bonds is 8. The summed E-state index contributed by atoms with van der Waals surface area (Å²) in [6, 6.07) is 11.6. The van der Waals surface area contributed by atoms with Gasteiger partial charge in [0.1, 0.15) is 5.75 Å². The first kappa shape index (κ1) is 23.0. The van der Waals surface area contributed by atoms with Gasteiger partial charge in [-0.3, -0.25) is 0 Å². The fraction of sp³-hybridized carbons (Fsp3) is 0.368. The van der Waals surface area contributed by atoms with E-state index in [-0.39, 0.29) is 35.7 Å². The lowest BCUT2D eigenvalue weighted by Crippen LogP contribution is -2.46. The first-order chi connectivity index (χ1) is 14.2. The number of halogens is 1. The van der Waals surface area contributed by atoms with E-state index >= 15 is 0 Å². The molecule has 1 heterocycles. The summed E-state index contributed by atoms with van der Waals surface area (Å²) in [5.41, 5.74) is 0. The van der Waals surface area contributed by atoms with Crippen LogP contribution < -0.4 is 9.46 Å². The molecule has 164 valence electrons. The molecule has 1 saturated heterocycles. The van der Waals surface area contributed by atoms with Crippen molar-refractivity contribution in [1.82, 2.24) is 9.03 Å². The molecule has 2 aromatic rings. The number of sulfonamides is 2. The molecule has 0 atom stereocenters. The third kappa shape index (κ3) is 5.51. The van der Waals surface area contributed by atoms with Crippen LogP contribution in [0.1, 0.15) is 12.8 Å². The van der Waals surface area contributed by atoms with Gasteiger partial charge in [-0.2, -0.15) is 4.31 Å². The Morgan fingerprint density at radius 3 is 2.10 bits per heavy atom. The number of hydrogen-bond acceptors (Lipinski definition) is 6. The average molecular weight is 475 g/mol. The quantitative estimate of drug-likeness (QED) is 0.589. The van der Waals surface area contributed by atoms with Gasteiger partial charge in [-0.05, 0) is 61.4 Å². The van der Waals surface area contributed by atoms with Crippen LogP contribution in [-0.4, -0.2) is 54.2 Å². The van der Waals surface area contributed by atoms with E-state index in [1.807, 2.05) is 0 Å². The van der Waals surface area contributed by atoms with Crippen molar-refractivity contribution in [3.63, 3.8) is 0 Å². The molecule has 1 fully saturated rings. The van der Waals surface area contributed by atoms with Crippen molar-refractivity contribution in [2.45, 2.75) is 28.7 Å². The molecule has 8 nitrogen and oxygen atoms in total. The molecule has 0 unspecified atom stereocenters. The molecular weight excluding hydrogens is 452 g/mol. The Labute approximate surface area is 181 Å². The van der Waals surface area contributed by atoms with E-state index in [1.165, 1.54) is 47.8 Å². The molecular formula is C19H23ClN2O6S2. The first-order valence-electron chi connectivity index (χ1n) is 9.22. The lowest BCUT2D eigenvalue weighted by molar-refractivity contribution is 0.0511. The molecule has 0 bridgehead atoms. The molecule has 0 aromatic heterocycles. The van der Waals surface area contributed by atoms with E-state index < -0.39 is 20.0 Å². The maximum absolute atomic E-state index is 12.7. The zero-order valence-electron chi connectivity index (χ0n) is 16.3. The zero-order valence-corrected chi connectivity index (χ0v) is 18.7. The van der Waals surface area contributed by atoms with Crippen molar-refractivity contribution >= 4 is 31.6 Å². The molecule has 1 aliphatic rings. The second-order valence-corrected chi connectivity index (χ2v) is 10.9. The van der Waals surface area contributed by atoms with Crippen LogP contribution in [0.2, 0.25) is 5.02 Å². The molecule has 0 saturated carbocycles.